The maximum atomic E-state index is 2.86. The van der Waals surface area contributed by atoms with Crippen molar-refractivity contribution in [2.75, 3.05) is 6.67 Å². The molecule has 1 fully saturated rings. The van der Waals surface area contributed by atoms with Gasteiger partial charge >= 0.3 is 0 Å². The van der Waals surface area contributed by atoms with Gasteiger partial charge in [0.2, 0.25) is 0 Å². The second kappa shape index (κ2) is 10.6. The number of rotatable bonds is 6. The lowest BCUT2D eigenvalue weighted by atomic mass is 9.83. The number of allylic oxidation sites excluding steroid dienone is 5. The fourth-order valence-corrected chi connectivity index (χ4v) is 6.69. The van der Waals surface area contributed by atoms with Crippen molar-refractivity contribution in [3.63, 3.8) is 0 Å². The van der Waals surface area contributed by atoms with Crippen LogP contribution in [-0.4, -0.2) is 22.5 Å². The number of hydrogen-bond donors (Lipinski definition) is 0. The molecule has 1 saturated heterocycles. The number of nitrogens with zero attached hydrogens (tertiary/aromatic N) is 2. The molecule has 0 aromatic heterocycles. The fourth-order valence-electron chi connectivity index (χ4n) is 6.69. The Bertz CT molecular complexity index is 1060. The molecule has 2 aliphatic carbocycles. The smallest absolute Gasteiger partial charge is 0.0750 e. The minimum absolute atomic E-state index is 0.299. The summed E-state index contributed by atoms with van der Waals surface area (Å²) in [5.41, 5.74) is 6.02. The number of hydrogen-bond acceptors (Lipinski definition) is 2. The van der Waals surface area contributed by atoms with Gasteiger partial charge in [0.15, 0.2) is 0 Å². The van der Waals surface area contributed by atoms with E-state index in [0.717, 1.165) is 13.1 Å². The lowest BCUT2D eigenvalue weighted by Gasteiger charge is -2.38. The van der Waals surface area contributed by atoms with Gasteiger partial charge < -0.3 is 4.90 Å². The first-order chi connectivity index (χ1) is 17.1. The van der Waals surface area contributed by atoms with Crippen molar-refractivity contribution in [2.24, 2.45) is 17.8 Å². The maximum absolute atomic E-state index is 2.86. The normalized spacial score (nSPS) is 27.4. The third-order valence-electron chi connectivity index (χ3n) is 8.41. The van der Waals surface area contributed by atoms with Crippen molar-refractivity contribution in [2.45, 2.75) is 71.5 Å². The van der Waals surface area contributed by atoms with Crippen LogP contribution in [0.25, 0.3) is 0 Å². The lowest BCUT2D eigenvalue weighted by molar-refractivity contribution is 0.163. The molecule has 0 bridgehead atoms. The quantitative estimate of drug-likeness (QED) is 0.395. The van der Waals surface area contributed by atoms with Crippen molar-refractivity contribution < 1.29 is 0 Å². The van der Waals surface area contributed by atoms with Gasteiger partial charge in [-0.25, -0.2) is 0 Å². The van der Waals surface area contributed by atoms with E-state index >= 15 is 0 Å². The van der Waals surface area contributed by atoms with Gasteiger partial charge in [0.1, 0.15) is 0 Å². The largest absolute Gasteiger partial charge is 0.353 e. The Morgan fingerprint density at radius 3 is 2.11 bits per heavy atom. The van der Waals surface area contributed by atoms with E-state index in [4.69, 9.17) is 0 Å². The summed E-state index contributed by atoms with van der Waals surface area (Å²) in [7, 11) is 0. The van der Waals surface area contributed by atoms with Gasteiger partial charge in [0.25, 0.3) is 0 Å². The van der Waals surface area contributed by atoms with Gasteiger partial charge in [-0.3, -0.25) is 4.90 Å². The minimum Gasteiger partial charge on any atom is -0.353 e. The molecule has 1 aliphatic heterocycles. The summed E-state index contributed by atoms with van der Waals surface area (Å²) in [6, 6.07) is 23.7. The van der Waals surface area contributed by atoms with E-state index < -0.39 is 0 Å². The summed E-state index contributed by atoms with van der Waals surface area (Å²) < 4.78 is 0. The Hall–Kier alpha value is -2.58. The third-order valence-corrected chi connectivity index (χ3v) is 8.41. The molecule has 2 nitrogen and oxygen atoms in total. The lowest BCUT2D eigenvalue weighted by Crippen LogP contribution is -2.40. The second-order valence-corrected chi connectivity index (χ2v) is 11.2. The molecule has 1 heterocycles. The summed E-state index contributed by atoms with van der Waals surface area (Å²) in [6.45, 7) is 10.5. The van der Waals surface area contributed by atoms with Crippen LogP contribution in [0, 0.1) is 17.8 Å². The molecule has 0 radical (unpaired) electrons. The average molecular weight is 467 g/mol. The third kappa shape index (κ3) is 4.78. The van der Waals surface area contributed by atoms with Crippen LogP contribution in [0.4, 0.5) is 0 Å². The Morgan fingerprint density at radius 2 is 1.49 bits per heavy atom. The second-order valence-electron chi connectivity index (χ2n) is 11.2. The Morgan fingerprint density at radius 1 is 0.829 bits per heavy atom. The molecule has 0 unspecified atom stereocenters. The SMILES string of the molecule is CC(C)C1=CCCC[C@H]1N1CN(C2=CC=CC[C@@H]2C(C)C)[C@H](c2ccccc2)[C@H]1c1ccccc1. The Labute approximate surface area is 213 Å². The first kappa shape index (κ1) is 24.1. The van der Waals surface area contributed by atoms with Gasteiger partial charge in [0, 0.05) is 17.7 Å². The molecule has 184 valence electrons. The van der Waals surface area contributed by atoms with Crippen LogP contribution in [0.15, 0.2) is 96.2 Å². The monoisotopic (exact) mass is 466 g/mol. The van der Waals surface area contributed by atoms with Crippen LogP contribution in [0.1, 0.15) is 76.6 Å². The van der Waals surface area contributed by atoms with E-state index in [1.165, 1.54) is 36.1 Å². The van der Waals surface area contributed by atoms with Crippen LogP contribution >= 0.6 is 0 Å². The molecule has 2 heteroatoms. The van der Waals surface area contributed by atoms with E-state index in [-0.39, 0.29) is 0 Å². The molecule has 5 rings (SSSR count). The van der Waals surface area contributed by atoms with E-state index in [2.05, 4.69) is 122 Å². The van der Waals surface area contributed by atoms with E-state index in [9.17, 15) is 0 Å². The highest BCUT2D eigenvalue weighted by Crippen LogP contribution is 2.51. The summed E-state index contributed by atoms with van der Waals surface area (Å²) in [5, 5.41) is 0. The van der Waals surface area contributed by atoms with Crippen LogP contribution < -0.4 is 0 Å². The van der Waals surface area contributed by atoms with Crippen molar-refractivity contribution in [1.82, 2.24) is 9.80 Å². The highest BCUT2D eigenvalue weighted by atomic mass is 15.4. The van der Waals surface area contributed by atoms with Gasteiger partial charge in [0.05, 0.1) is 18.8 Å². The molecule has 0 amide bonds. The fraction of sp³-hybridized carbons (Fsp3) is 0.455. The van der Waals surface area contributed by atoms with Crippen LogP contribution in [0.3, 0.4) is 0 Å². The van der Waals surface area contributed by atoms with Crippen molar-refractivity contribution in [3.05, 3.63) is 107 Å². The first-order valence-electron chi connectivity index (χ1n) is 13.7. The van der Waals surface area contributed by atoms with E-state index in [0.29, 0.717) is 35.9 Å². The standard InChI is InChI=1S/C33H42N2/c1-24(2)28-19-11-13-21-30(28)34-23-35(31-22-14-12-20-29(31)25(3)4)33(27-17-9-6-10-18-27)32(34)26-15-7-5-8-16-26/h5-11,13,15-18,20-21,24-25,28,31-33H,12,14,19,22-23H2,1-4H3/t28-,31-,32-,33-/m1/s1. The average Bonchev–Trinajstić information content (AvgIpc) is 3.30. The highest BCUT2D eigenvalue weighted by Gasteiger charge is 2.47. The summed E-state index contributed by atoms with van der Waals surface area (Å²) in [4.78, 5) is 5.63. The Kier molecular flexibility index (Phi) is 7.29. The summed E-state index contributed by atoms with van der Waals surface area (Å²) in [5.74, 6) is 1.77. The molecular formula is C33H42N2. The molecule has 2 aromatic carbocycles. The summed E-state index contributed by atoms with van der Waals surface area (Å²) in [6.07, 6.45) is 14.5. The van der Waals surface area contributed by atoms with Gasteiger partial charge in [-0.1, -0.05) is 112 Å². The van der Waals surface area contributed by atoms with Gasteiger partial charge in [-0.2, -0.15) is 0 Å². The topological polar surface area (TPSA) is 6.48 Å². The van der Waals surface area contributed by atoms with Crippen LogP contribution in [0.2, 0.25) is 0 Å². The predicted molar refractivity (Wildman–Crippen MR) is 148 cm³/mol. The first-order valence-corrected chi connectivity index (χ1v) is 13.7. The van der Waals surface area contributed by atoms with E-state index in [1.807, 2.05) is 0 Å². The van der Waals surface area contributed by atoms with Crippen molar-refractivity contribution >= 4 is 0 Å². The van der Waals surface area contributed by atoms with E-state index in [1.54, 1.807) is 5.57 Å². The van der Waals surface area contributed by atoms with Crippen molar-refractivity contribution in [1.29, 1.82) is 0 Å². The van der Waals surface area contributed by atoms with Crippen molar-refractivity contribution in [3.8, 4) is 0 Å². The Balaban J connectivity index is 1.66. The molecule has 2 aromatic rings. The maximum Gasteiger partial charge on any atom is 0.0750 e. The zero-order valence-corrected chi connectivity index (χ0v) is 22.0. The van der Waals surface area contributed by atoms with Crippen LogP contribution in [-0.2, 0) is 0 Å². The predicted octanol–water partition coefficient (Wildman–Crippen LogP) is 8.30. The molecular weight excluding hydrogens is 424 g/mol. The molecule has 0 saturated carbocycles. The molecule has 3 aliphatic rings. The molecule has 35 heavy (non-hydrogen) atoms. The van der Waals surface area contributed by atoms with Gasteiger partial charge in [-0.15, -0.1) is 0 Å². The highest BCUT2D eigenvalue weighted by molar-refractivity contribution is 5.35. The number of benzene rings is 2. The van der Waals surface area contributed by atoms with Gasteiger partial charge in [-0.05, 0) is 54.7 Å². The minimum atomic E-state index is 0.299. The summed E-state index contributed by atoms with van der Waals surface area (Å²) >= 11 is 0. The zero-order valence-electron chi connectivity index (χ0n) is 22.0. The van der Waals surface area contributed by atoms with Crippen LogP contribution in [0.5, 0.6) is 0 Å². The molecule has 0 N–H and O–H groups in total. The molecule has 0 spiro atoms. The molecule has 4 atom stereocenters. The zero-order chi connectivity index (χ0) is 24.4.